The van der Waals surface area contributed by atoms with Gasteiger partial charge in [-0.3, -0.25) is 4.79 Å². The quantitative estimate of drug-likeness (QED) is 0.387. The second-order valence-corrected chi connectivity index (χ2v) is 8.65. The van der Waals surface area contributed by atoms with E-state index in [1.54, 1.807) is 19.2 Å². The summed E-state index contributed by atoms with van der Waals surface area (Å²) < 4.78 is 10.6. The Balaban J connectivity index is 1.74. The number of rotatable bonds is 7. The van der Waals surface area contributed by atoms with Crippen LogP contribution in [0.4, 0.5) is 10.9 Å². The molecular formula is C24H24N4O3S. The van der Waals surface area contributed by atoms with Gasteiger partial charge in [0.1, 0.15) is 10.8 Å². The highest BCUT2D eigenvalue weighted by Gasteiger charge is 2.23. The predicted octanol–water partition coefficient (Wildman–Crippen LogP) is 5.52. The fourth-order valence-corrected chi connectivity index (χ4v) is 4.42. The first-order chi connectivity index (χ1) is 15.4. The highest BCUT2D eigenvalue weighted by atomic mass is 32.1. The number of nitrogens with one attached hydrogen (secondary N) is 2. The summed E-state index contributed by atoms with van der Waals surface area (Å²) in [6.45, 7) is 5.88. The van der Waals surface area contributed by atoms with Gasteiger partial charge >= 0.3 is 0 Å². The summed E-state index contributed by atoms with van der Waals surface area (Å²) in [5, 5.41) is 7.19. The van der Waals surface area contributed by atoms with Crippen molar-refractivity contribution in [2.24, 2.45) is 0 Å². The van der Waals surface area contributed by atoms with E-state index in [4.69, 9.17) is 9.15 Å². The number of ether oxygens (including phenoxy) is 1. The minimum Gasteiger partial charge on any atom is -0.497 e. The second-order valence-electron chi connectivity index (χ2n) is 7.40. The number of carbonyl (C=O) groups excluding carboxylic acids is 1. The van der Waals surface area contributed by atoms with Crippen molar-refractivity contribution in [2.45, 2.75) is 26.8 Å². The fraction of sp³-hybridized carbons (Fsp3) is 0.208. The van der Waals surface area contributed by atoms with Crippen LogP contribution in [0.3, 0.4) is 0 Å². The van der Waals surface area contributed by atoms with Gasteiger partial charge in [-0.25, -0.2) is 9.97 Å². The summed E-state index contributed by atoms with van der Waals surface area (Å²) in [6.07, 6.45) is 1.48. The third kappa shape index (κ3) is 4.81. The van der Waals surface area contributed by atoms with Crippen LogP contribution < -0.4 is 15.4 Å². The average Bonchev–Trinajstić information content (AvgIpc) is 3.41. The smallest absolute Gasteiger partial charge is 0.291 e. The zero-order chi connectivity index (χ0) is 22.7. The third-order valence-corrected chi connectivity index (χ3v) is 5.85. The number of thiophene rings is 1. The largest absolute Gasteiger partial charge is 0.497 e. The van der Waals surface area contributed by atoms with E-state index in [0.717, 1.165) is 38.1 Å². The van der Waals surface area contributed by atoms with E-state index in [1.807, 2.05) is 51.1 Å². The number of nitrogens with zero attached hydrogens (tertiary/aromatic N) is 2. The molecule has 32 heavy (non-hydrogen) atoms. The number of benzene rings is 1. The number of amides is 1. The number of anilines is 2. The van der Waals surface area contributed by atoms with Crippen molar-refractivity contribution in [3.8, 4) is 5.75 Å². The van der Waals surface area contributed by atoms with Gasteiger partial charge in [0.25, 0.3) is 5.91 Å². The Labute approximate surface area is 190 Å². The maximum absolute atomic E-state index is 12.7. The molecule has 7 nitrogen and oxygen atoms in total. The molecule has 0 saturated carbocycles. The van der Waals surface area contributed by atoms with E-state index < -0.39 is 0 Å². The van der Waals surface area contributed by atoms with Gasteiger partial charge in [-0.2, -0.15) is 0 Å². The minimum absolute atomic E-state index is 0.258. The highest BCUT2D eigenvalue weighted by molar-refractivity contribution is 7.16. The monoisotopic (exact) mass is 448 g/mol. The van der Waals surface area contributed by atoms with Crippen LogP contribution in [-0.2, 0) is 0 Å². The Hall–Kier alpha value is -3.65. The summed E-state index contributed by atoms with van der Waals surface area (Å²) in [5.41, 5.74) is 3.66. The van der Waals surface area contributed by atoms with Crippen molar-refractivity contribution in [2.75, 3.05) is 17.7 Å². The molecule has 0 aliphatic carbocycles. The second kappa shape index (κ2) is 9.23. The molecule has 0 aliphatic heterocycles. The molecule has 1 aromatic carbocycles. The summed E-state index contributed by atoms with van der Waals surface area (Å²) in [5.74, 6) is 1.25. The molecule has 0 fully saturated rings. The fourth-order valence-electron chi connectivity index (χ4n) is 3.48. The third-order valence-electron chi connectivity index (χ3n) is 4.87. The van der Waals surface area contributed by atoms with Crippen LogP contribution in [0.1, 0.15) is 44.0 Å². The summed E-state index contributed by atoms with van der Waals surface area (Å²) in [4.78, 5) is 22.8. The average molecular weight is 449 g/mol. The van der Waals surface area contributed by atoms with Gasteiger partial charge in [0, 0.05) is 21.8 Å². The van der Waals surface area contributed by atoms with Gasteiger partial charge in [0.05, 0.1) is 19.4 Å². The first-order valence-electron chi connectivity index (χ1n) is 10.1. The van der Waals surface area contributed by atoms with Crippen molar-refractivity contribution >= 4 is 28.2 Å². The van der Waals surface area contributed by atoms with Gasteiger partial charge in [-0.05, 0) is 62.7 Å². The number of aromatic nitrogens is 2. The molecule has 2 N–H and O–H groups in total. The van der Waals surface area contributed by atoms with E-state index in [2.05, 4.69) is 26.7 Å². The highest BCUT2D eigenvalue weighted by Crippen LogP contribution is 2.38. The Kier molecular flexibility index (Phi) is 6.23. The lowest BCUT2D eigenvalue weighted by Gasteiger charge is -2.21. The number of carbonyl (C=O) groups is 1. The molecule has 0 aliphatic rings. The van der Waals surface area contributed by atoms with Gasteiger partial charge in [-0.15, -0.1) is 11.3 Å². The molecule has 4 rings (SSSR count). The standard InChI is InChI=1S/C24H24N4O3S/c1-14-12-15(2)26-24(25-14)27-21(17-7-9-18(30-4)10-8-17)19-13-16(3)32-23(19)28-22(29)20-6-5-11-31-20/h5-13,21H,1-4H3,(H,28,29)(H,25,26,27). The Morgan fingerprint density at radius 1 is 1.06 bits per heavy atom. The zero-order valence-corrected chi connectivity index (χ0v) is 19.1. The molecular weight excluding hydrogens is 424 g/mol. The Morgan fingerprint density at radius 2 is 1.78 bits per heavy atom. The van der Waals surface area contributed by atoms with E-state index in [9.17, 15) is 4.79 Å². The summed E-state index contributed by atoms with van der Waals surface area (Å²) >= 11 is 1.51. The number of aryl methyl sites for hydroxylation is 3. The lowest BCUT2D eigenvalue weighted by molar-refractivity contribution is 0.0997. The van der Waals surface area contributed by atoms with Gasteiger partial charge in [0.15, 0.2) is 5.76 Å². The first-order valence-corrected chi connectivity index (χ1v) is 10.9. The molecule has 0 bridgehead atoms. The zero-order valence-electron chi connectivity index (χ0n) is 18.3. The van der Waals surface area contributed by atoms with Gasteiger partial charge in [0.2, 0.25) is 5.95 Å². The molecule has 8 heteroatoms. The van der Waals surface area contributed by atoms with Crippen LogP contribution in [0.2, 0.25) is 0 Å². The molecule has 0 saturated heterocycles. The molecule has 1 unspecified atom stereocenters. The molecule has 0 radical (unpaired) electrons. The van der Waals surface area contributed by atoms with Crippen LogP contribution in [0.5, 0.6) is 5.75 Å². The van der Waals surface area contributed by atoms with E-state index >= 15 is 0 Å². The molecule has 164 valence electrons. The predicted molar refractivity (Wildman–Crippen MR) is 126 cm³/mol. The van der Waals surface area contributed by atoms with Crippen molar-refractivity contribution in [3.63, 3.8) is 0 Å². The van der Waals surface area contributed by atoms with Crippen LogP contribution in [0.25, 0.3) is 0 Å². The lowest BCUT2D eigenvalue weighted by Crippen LogP contribution is -2.17. The van der Waals surface area contributed by atoms with Gasteiger partial charge < -0.3 is 19.8 Å². The number of furan rings is 1. The first kappa shape index (κ1) is 21.6. The normalized spacial score (nSPS) is 11.8. The van der Waals surface area contributed by atoms with E-state index in [0.29, 0.717) is 5.95 Å². The van der Waals surface area contributed by atoms with Crippen LogP contribution in [0.15, 0.2) is 59.2 Å². The summed E-state index contributed by atoms with van der Waals surface area (Å²) in [6, 6.07) is 14.8. The SMILES string of the molecule is COc1ccc(C(Nc2nc(C)cc(C)n2)c2cc(C)sc2NC(=O)c2ccco2)cc1. The van der Waals surface area contributed by atoms with Crippen LogP contribution in [0, 0.1) is 20.8 Å². The number of hydrogen-bond donors (Lipinski definition) is 2. The van der Waals surface area contributed by atoms with Crippen molar-refractivity contribution in [1.82, 2.24) is 9.97 Å². The van der Waals surface area contributed by atoms with Crippen molar-refractivity contribution < 1.29 is 13.9 Å². The molecule has 1 atom stereocenters. The van der Waals surface area contributed by atoms with Crippen LogP contribution >= 0.6 is 11.3 Å². The number of methoxy groups -OCH3 is 1. The molecule has 1 amide bonds. The van der Waals surface area contributed by atoms with Crippen LogP contribution in [-0.4, -0.2) is 23.0 Å². The van der Waals surface area contributed by atoms with E-state index in [1.165, 1.54) is 17.6 Å². The summed E-state index contributed by atoms with van der Waals surface area (Å²) in [7, 11) is 1.64. The van der Waals surface area contributed by atoms with E-state index in [-0.39, 0.29) is 17.7 Å². The van der Waals surface area contributed by atoms with Crippen molar-refractivity contribution in [1.29, 1.82) is 0 Å². The number of hydrogen-bond acceptors (Lipinski definition) is 7. The Morgan fingerprint density at radius 3 is 2.41 bits per heavy atom. The molecule has 4 aromatic rings. The molecule has 3 aromatic heterocycles. The van der Waals surface area contributed by atoms with Gasteiger partial charge in [-0.1, -0.05) is 12.1 Å². The topological polar surface area (TPSA) is 89.3 Å². The van der Waals surface area contributed by atoms with Crippen molar-refractivity contribution in [3.05, 3.63) is 87.9 Å². The lowest BCUT2D eigenvalue weighted by atomic mass is 10.00. The maximum Gasteiger partial charge on any atom is 0.291 e. The minimum atomic E-state index is -0.297. The Bertz CT molecular complexity index is 1200. The maximum atomic E-state index is 12.7. The molecule has 3 heterocycles. The molecule has 0 spiro atoms.